The van der Waals surface area contributed by atoms with Gasteiger partial charge in [0.25, 0.3) is 0 Å². The van der Waals surface area contributed by atoms with Crippen LogP contribution in [0, 0.1) is 56.7 Å². The predicted octanol–water partition coefficient (Wildman–Crippen LogP) is 3.71. The average Bonchev–Trinajstić information content (AvgIpc) is 2.67. The zero-order chi connectivity index (χ0) is 18.0. The van der Waals surface area contributed by atoms with Crippen molar-refractivity contribution in [3.8, 4) is 24.0 Å². The minimum atomic E-state index is -1.66. The van der Waals surface area contributed by atoms with Crippen LogP contribution < -0.4 is 4.74 Å². The first kappa shape index (κ1) is 16.7. The van der Waals surface area contributed by atoms with Gasteiger partial charge in [0, 0.05) is 11.5 Å². The standard InChI is InChI=1S/C20H18N4O/c1-25-17-9-5-4-8-15(17)18-14-7-3-2-6-13(14)16(10-21)19(24)20(18,11-22)12-23/h4-6,8-9,14,16,18,24H,2-3,7H2,1H3/t14-,16-,18+/m1/s1. The van der Waals surface area contributed by atoms with Crippen molar-refractivity contribution in [1.82, 2.24) is 0 Å². The lowest BCUT2D eigenvalue weighted by molar-refractivity contribution is 0.308. The molecule has 0 saturated heterocycles. The summed E-state index contributed by atoms with van der Waals surface area (Å²) in [6, 6.07) is 13.7. The van der Waals surface area contributed by atoms with Crippen molar-refractivity contribution >= 4 is 5.71 Å². The molecule has 1 N–H and O–H groups in total. The molecule has 0 spiro atoms. The third kappa shape index (κ3) is 2.31. The van der Waals surface area contributed by atoms with Crippen molar-refractivity contribution in [3.63, 3.8) is 0 Å². The van der Waals surface area contributed by atoms with E-state index in [9.17, 15) is 15.8 Å². The molecule has 0 aromatic heterocycles. The molecule has 2 aliphatic rings. The zero-order valence-electron chi connectivity index (χ0n) is 14.0. The summed E-state index contributed by atoms with van der Waals surface area (Å²) in [4.78, 5) is 0. The summed E-state index contributed by atoms with van der Waals surface area (Å²) in [5, 5.41) is 38.0. The molecule has 0 amide bonds. The number of rotatable bonds is 2. The molecule has 3 rings (SSSR count). The molecule has 0 radical (unpaired) electrons. The number of hydrogen-bond donors (Lipinski definition) is 1. The first-order chi connectivity index (χ1) is 12.1. The highest BCUT2D eigenvalue weighted by Gasteiger charge is 2.57. The molecule has 0 heterocycles. The Morgan fingerprint density at radius 3 is 2.56 bits per heavy atom. The van der Waals surface area contributed by atoms with Gasteiger partial charge in [-0.25, -0.2) is 0 Å². The van der Waals surface area contributed by atoms with Gasteiger partial charge in [-0.15, -0.1) is 0 Å². The largest absolute Gasteiger partial charge is 0.496 e. The number of nitrogens with one attached hydrogen (secondary N) is 1. The van der Waals surface area contributed by atoms with Gasteiger partial charge < -0.3 is 10.1 Å². The maximum Gasteiger partial charge on any atom is 0.189 e. The molecular formula is C20H18N4O. The number of allylic oxidation sites excluding steroid dienone is 2. The van der Waals surface area contributed by atoms with E-state index in [0.717, 1.165) is 30.4 Å². The van der Waals surface area contributed by atoms with Crippen LogP contribution in [0.2, 0.25) is 0 Å². The highest BCUT2D eigenvalue weighted by molar-refractivity contribution is 6.00. The molecule has 3 atom stereocenters. The van der Waals surface area contributed by atoms with Crippen molar-refractivity contribution in [3.05, 3.63) is 41.5 Å². The number of benzene rings is 1. The van der Waals surface area contributed by atoms with Gasteiger partial charge in [-0.05, 0) is 36.8 Å². The SMILES string of the molecule is COc1ccccc1[C@@H]1[C@@H]2CCCC=C2[C@@H](C#N)C(=N)C1(C#N)C#N. The second-order valence-electron chi connectivity index (χ2n) is 6.47. The fraction of sp³-hybridized carbons (Fsp3) is 0.400. The number of ether oxygens (including phenoxy) is 1. The zero-order valence-corrected chi connectivity index (χ0v) is 14.0. The summed E-state index contributed by atoms with van der Waals surface area (Å²) in [6.07, 6.45) is 4.63. The minimum Gasteiger partial charge on any atom is -0.496 e. The lowest BCUT2D eigenvalue weighted by atomic mass is 9.53. The van der Waals surface area contributed by atoms with Crippen LogP contribution in [-0.2, 0) is 0 Å². The number of nitriles is 3. The van der Waals surface area contributed by atoms with Crippen LogP contribution in [0.15, 0.2) is 35.9 Å². The van der Waals surface area contributed by atoms with Crippen LogP contribution in [0.3, 0.4) is 0 Å². The average molecular weight is 330 g/mol. The molecule has 25 heavy (non-hydrogen) atoms. The normalized spacial score (nSPS) is 27.0. The quantitative estimate of drug-likeness (QED) is 0.834. The van der Waals surface area contributed by atoms with Gasteiger partial charge in [-0.1, -0.05) is 24.3 Å². The summed E-state index contributed by atoms with van der Waals surface area (Å²) in [7, 11) is 1.56. The van der Waals surface area contributed by atoms with Crippen molar-refractivity contribution in [2.24, 2.45) is 17.3 Å². The molecule has 1 aromatic carbocycles. The van der Waals surface area contributed by atoms with Crippen LogP contribution >= 0.6 is 0 Å². The second kappa shape index (κ2) is 6.42. The Hall–Kier alpha value is -3.10. The van der Waals surface area contributed by atoms with Gasteiger partial charge in [-0.3, -0.25) is 0 Å². The molecule has 1 aromatic rings. The van der Waals surface area contributed by atoms with Crippen molar-refractivity contribution in [2.45, 2.75) is 25.2 Å². The number of fused-ring (bicyclic) bond motifs is 1. The molecule has 0 bridgehead atoms. The van der Waals surface area contributed by atoms with Crippen LogP contribution in [0.4, 0.5) is 0 Å². The number of methoxy groups -OCH3 is 1. The lowest BCUT2D eigenvalue weighted by Gasteiger charge is -2.46. The highest BCUT2D eigenvalue weighted by atomic mass is 16.5. The topological polar surface area (TPSA) is 104 Å². The third-order valence-electron chi connectivity index (χ3n) is 5.40. The van der Waals surface area contributed by atoms with Gasteiger partial charge in [0.15, 0.2) is 5.41 Å². The second-order valence-corrected chi connectivity index (χ2v) is 6.47. The van der Waals surface area contributed by atoms with Gasteiger partial charge in [0.1, 0.15) is 11.7 Å². The van der Waals surface area contributed by atoms with Crippen LogP contribution in [0.5, 0.6) is 5.75 Å². The Labute approximate surface area is 147 Å². The Morgan fingerprint density at radius 2 is 1.92 bits per heavy atom. The van der Waals surface area contributed by atoms with Crippen molar-refractivity contribution in [1.29, 1.82) is 21.2 Å². The summed E-state index contributed by atoms with van der Waals surface area (Å²) < 4.78 is 5.48. The van der Waals surface area contributed by atoms with Gasteiger partial charge >= 0.3 is 0 Å². The van der Waals surface area contributed by atoms with Crippen LogP contribution in [0.1, 0.15) is 30.7 Å². The number of para-hydroxylation sites is 1. The summed E-state index contributed by atoms with van der Waals surface area (Å²) >= 11 is 0. The van der Waals surface area contributed by atoms with Crippen molar-refractivity contribution in [2.75, 3.05) is 7.11 Å². The van der Waals surface area contributed by atoms with Gasteiger partial charge in [-0.2, -0.15) is 15.8 Å². The molecule has 5 heteroatoms. The first-order valence-electron chi connectivity index (χ1n) is 8.28. The van der Waals surface area contributed by atoms with E-state index < -0.39 is 17.3 Å². The van der Waals surface area contributed by atoms with E-state index in [2.05, 4.69) is 18.2 Å². The van der Waals surface area contributed by atoms with E-state index in [0.29, 0.717) is 5.75 Å². The van der Waals surface area contributed by atoms with Gasteiger partial charge in [0.05, 0.1) is 31.0 Å². The predicted molar refractivity (Wildman–Crippen MR) is 91.6 cm³/mol. The summed E-state index contributed by atoms with van der Waals surface area (Å²) in [6.45, 7) is 0. The smallest absolute Gasteiger partial charge is 0.189 e. The van der Waals surface area contributed by atoms with E-state index in [1.807, 2.05) is 24.3 Å². The number of nitrogens with zero attached hydrogens (tertiary/aromatic N) is 3. The third-order valence-corrected chi connectivity index (χ3v) is 5.40. The Balaban J connectivity index is 2.30. The molecule has 1 saturated carbocycles. The maximum absolute atomic E-state index is 9.93. The molecule has 0 unspecified atom stereocenters. The monoisotopic (exact) mass is 330 g/mol. The van der Waals surface area contributed by atoms with E-state index in [-0.39, 0.29) is 11.6 Å². The Bertz CT molecular complexity index is 851. The Morgan fingerprint density at radius 1 is 1.20 bits per heavy atom. The van der Waals surface area contributed by atoms with Crippen molar-refractivity contribution < 1.29 is 4.74 Å². The molecular weight excluding hydrogens is 312 g/mol. The van der Waals surface area contributed by atoms with Gasteiger partial charge in [0.2, 0.25) is 0 Å². The minimum absolute atomic E-state index is 0.108. The highest BCUT2D eigenvalue weighted by Crippen LogP contribution is 2.56. The van der Waals surface area contributed by atoms with E-state index in [1.165, 1.54) is 0 Å². The maximum atomic E-state index is 9.93. The fourth-order valence-electron chi connectivity index (χ4n) is 4.28. The van der Waals surface area contributed by atoms with E-state index in [1.54, 1.807) is 13.2 Å². The lowest BCUT2D eigenvalue weighted by Crippen LogP contribution is -2.48. The molecule has 124 valence electrons. The molecule has 2 aliphatic carbocycles. The molecule has 1 fully saturated rings. The molecule has 0 aliphatic heterocycles. The van der Waals surface area contributed by atoms with E-state index in [4.69, 9.17) is 10.1 Å². The first-order valence-corrected chi connectivity index (χ1v) is 8.28. The fourth-order valence-corrected chi connectivity index (χ4v) is 4.28. The van der Waals surface area contributed by atoms with Crippen LogP contribution in [0.25, 0.3) is 0 Å². The molecule has 5 nitrogen and oxygen atoms in total. The van der Waals surface area contributed by atoms with Crippen LogP contribution in [-0.4, -0.2) is 12.8 Å². The Kier molecular flexibility index (Phi) is 4.30. The number of hydrogen-bond acceptors (Lipinski definition) is 5. The summed E-state index contributed by atoms with van der Waals surface area (Å²) in [5.41, 5.74) is -0.128. The van der Waals surface area contributed by atoms with E-state index >= 15 is 0 Å². The summed E-state index contributed by atoms with van der Waals surface area (Å²) in [5.74, 6) is -0.809.